The second-order valence-electron chi connectivity index (χ2n) is 13.0. The molecule has 1 N–H and O–H groups in total. The number of unbranched alkanes of at least 4 members (excludes halogenated alkanes) is 4. The molecule has 0 aromatic heterocycles. The summed E-state index contributed by atoms with van der Waals surface area (Å²) in [6, 6.07) is 11.1. The molecule has 0 fully saturated rings. The molecular formula is C43H68F3NO13. The molecule has 0 atom stereocenters. The molecule has 0 aliphatic heterocycles. The SMILES string of the molecule is CCCCCCCOCCOCCOCCOCCOCCOCCOCCOCCOCCOCCOCCOC(=O)c1ccccc1Nc1cccc(C(F)(F)F)c1. The van der Waals surface area contributed by atoms with E-state index in [0.29, 0.717) is 138 Å². The number of carbonyl (C=O) groups is 1. The summed E-state index contributed by atoms with van der Waals surface area (Å²) in [5, 5.41) is 2.86. The monoisotopic (exact) mass is 863 g/mol. The lowest BCUT2D eigenvalue weighted by Crippen LogP contribution is -2.16. The minimum Gasteiger partial charge on any atom is -0.460 e. The molecule has 0 saturated carbocycles. The van der Waals surface area contributed by atoms with Crippen molar-refractivity contribution in [3.8, 4) is 0 Å². The number of halogens is 3. The van der Waals surface area contributed by atoms with Gasteiger partial charge in [-0.2, -0.15) is 13.2 Å². The number of hydrogen-bond acceptors (Lipinski definition) is 14. The topological polar surface area (TPSA) is 140 Å². The van der Waals surface area contributed by atoms with E-state index in [1.54, 1.807) is 18.2 Å². The van der Waals surface area contributed by atoms with Crippen molar-refractivity contribution in [2.75, 3.05) is 157 Å². The zero-order chi connectivity index (χ0) is 43.0. The fourth-order valence-electron chi connectivity index (χ4n) is 5.08. The van der Waals surface area contributed by atoms with Crippen LogP contribution in [0.15, 0.2) is 48.5 Å². The predicted octanol–water partition coefficient (Wildman–Crippen LogP) is 6.76. The second kappa shape index (κ2) is 37.8. The Hall–Kier alpha value is -2.94. The van der Waals surface area contributed by atoms with Gasteiger partial charge in [-0.25, -0.2) is 4.79 Å². The molecule has 2 rings (SSSR count). The van der Waals surface area contributed by atoms with Gasteiger partial charge in [-0.05, 0) is 36.8 Å². The lowest BCUT2D eigenvalue weighted by molar-refractivity contribution is -0.137. The maximum atomic E-state index is 13.1. The fourth-order valence-corrected chi connectivity index (χ4v) is 5.08. The van der Waals surface area contributed by atoms with Gasteiger partial charge in [0.15, 0.2) is 0 Å². The minimum absolute atomic E-state index is 0.00257. The van der Waals surface area contributed by atoms with E-state index in [9.17, 15) is 18.0 Å². The van der Waals surface area contributed by atoms with Crippen LogP contribution in [0.3, 0.4) is 0 Å². The van der Waals surface area contributed by atoms with E-state index in [4.69, 9.17) is 56.8 Å². The standard InChI is InChI=1S/C43H68F3NO13/c1-2-3-4-5-8-14-49-15-16-50-17-18-51-19-20-52-21-22-53-23-24-54-25-26-55-27-28-56-29-30-57-31-32-58-33-34-59-35-36-60-42(48)40-12-6-7-13-41(40)47-39-11-9-10-38(37-39)43(44,45)46/h6-7,9-13,37,47H,2-5,8,14-36H2,1H3. The highest BCUT2D eigenvalue weighted by atomic mass is 19.4. The van der Waals surface area contributed by atoms with E-state index >= 15 is 0 Å². The third kappa shape index (κ3) is 30.1. The van der Waals surface area contributed by atoms with Crippen molar-refractivity contribution in [1.82, 2.24) is 0 Å². The van der Waals surface area contributed by atoms with Gasteiger partial charge >= 0.3 is 12.1 Å². The zero-order valence-corrected chi connectivity index (χ0v) is 35.4. The third-order valence-corrected chi connectivity index (χ3v) is 8.19. The number of para-hydroxylation sites is 1. The molecule has 0 amide bonds. The Morgan fingerprint density at radius 2 is 0.850 bits per heavy atom. The lowest BCUT2D eigenvalue weighted by Gasteiger charge is -2.13. The van der Waals surface area contributed by atoms with E-state index < -0.39 is 17.7 Å². The largest absolute Gasteiger partial charge is 0.460 e. The highest BCUT2D eigenvalue weighted by molar-refractivity contribution is 5.96. The molecule has 0 radical (unpaired) electrons. The maximum absolute atomic E-state index is 13.1. The highest BCUT2D eigenvalue weighted by Gasteiger charge is 2.30. The predicted molar refractivity (Wildman–Crippen MR) is 219 cm³/mol. The first kappa shape index (κ1) is 53.2. The van der Waals surface area contributed by atoms with Crippen molar-refractivity contribution in [2.45, 2.75) is 45.2 Å². The quantitative estimate of drug-likeness (QED) is 0.0556. The van der Waals surface area contributed by atoms with Crippen LogP contribution in [0.4, 0.5) is 24.5 Å². The van der Waals surface area contributed by atoms with E-state index in [0.717, 1.165) is 25.2 Å². The molecule has 14 nitrogen and oxygen atoms in total. The lowest BCUT2D eigenvalue weighted by atomic mass is 10.1. The number of esters is 1. The average Bonchev–Trinajstić information content (AvgIpc) is 3.24. The summed E-state index contributed by atoms with van der Waals surface area (Å²) in [7, 11) is 0. The van der Waals surface area contributed by atoms with Crippen molar-refractivity contribution in [1.29, 1.82) is 0 Å². The maximum Gasteiger partial charge on any atom is 0.416 e. The molecule has 0 saturated heterocycles. The van der Waals surface area contributed by atoms with Gasteiger partial charge < -0.3 is 62.2 Å². The number of hydrogen-bond donors (Lipinski definition) is 1. The Morgan fingerprint density at radius 3 is 1.27 bits per heavy atom. The molecule has 0 unspecified atom stereocenters. The Morgan fingerprint density at radius 1 is 0.467 bits per heavy atom. The summed E-state index contributed by atoms with van der Waals surface area (Å²) in [4.78, 5) is 12.6. The molecule has 2 aromatic carbocycles. The van der Waals surface area contributed by atoms with Crippen molar-refractivity contribution < 1.29 is 74.8 Å². The molecule has 0 heterocycles. The Balaban J connectivity index is 1.24. The Bertz CT molecular complexity index is 1290. The molecule has 344 valence electrons. The second-order valence-corrected chi connectivity index (χ2v) is 13.0. The first-order valence-electron chi connectivity index (χ1n) is 21.0. The molecule has 0 bridgehead atoms. The van der Waals surface area contributed by atoms with Crippen LogP contribution in [0, 0.1) is 0 Å². The van der Waals surface area contributed by atoms with Gasteiger partial charge in [0, 0.05) is 12.3 Å². The highest BCUT2D eigenvalue weighted by Crippen LogP contribution is 2.32. The van der Waals surface area contributed by atoms with Crippen LogP contribution < -0.4 is 5.32 Å². The number of rotatable bonds is 42. The normalized spacial score (nSPS) is 11.7. The van der Waals surface area contributed by atoms with E-state index in [1.807, 2.05) is 0 Å². The zero-order valence-electron chi connectivity index (χ0n) is 35.4. The molecule has 17 heteroatoms. The molecule has 0 aliphatic rings. The molecule has 2 aromatic rings. The van der Waals surface area contributed by atoms with Crippen LogP contribution in [0.1, 0.15) is 54.9 Å². The minimum atomic E-state index is -4.48. The van der Waals surface area contributed by atoms with Gasteiger partial charge in [0.05, 0.1) is 156 Å². The molecular weight excluding hydrogens is 795 g/mol. The smallest absolute Gasteiger partial charge is 0.416 e. The van der Waals surface area contributed by atoms with Gasteiger partial charge in [0.1, 0.15) is 6.61 Å². The van der Waals surface area contributed by atoms with Crippen LogP contribution in [-0.4, -0.2) is 158 Å². The van der Waals surface area contributed by atoms with Gasteiger partial charge in [-0.15, -0.1) is 0 Å². The van der Waals surface area contributed by atoms with Crippen molar-refractivity contribution in [2.24, 2.45) is 0 Å². The number of ether oxygens (including phenoxy) is 12. The van der Waals surface area contributed by atoms with Crippen molar-refractivity contribution in [3.63, 3.8) is 0 Å². The van der Waals surface area contributed by atoms with Crippen molar-refractivity contribution in [3.05, 3.63) is 59.7 Å². The molecule has 0 spiro atoms. The van der Waals surface area contributed by atoms with Gasteiger partial charge in [0.2, 0.25) is 0 Å². The van der Waals surface area contributed by atoms with Crippen LogP contribution in [0.5, 0.6) is 0 Å². The van der Waals surface area contributed by atoms with Crippen LogP contribution in [0.2, 0.25) is 0 Å². The summed E-state index contributed by atoms with van der Waals surface area (Å²) >= 11 is 0. The first-order chi connectivity index (χ1) is 29.4. The number of alkyl halides is 3. The number of nitrogens with one attached hydrogen (secondary N) is 1. The number of anilines is 2. The van der Waals surface area contributed by atoms with E-state index in [-0.39, 0.29) is 24.5 Å². The number of benzene rings is 2. The summed E-state index contributed by atoms with van der Waals surface area (Å²) in [6.07, 6.45) is 1.73. The van der Waals surface area contributed by atoms with E-state index in [2.05, 4.69) is 12.2 Å². The molecule has 60 heavy (non-hydrogen) atoms. The van der Waals surface area contributed by atoms with Gasteiger partial charge in [-0.3, -0.25) is 0 Å². The fraction of sp³-hybridized carbons (Fsp3) is 0.698. The van der Waals surface area contributed by atoms with Crippen LogP contribution in [0.25, 0.3) is 0 Å². The Kier molecular flexibility index (Phi) is 33.5. The molecule has 0 aliphatic carbocycles. The van der Waals surface area contributed by atoms with E-state index in [1.165, 1.54) is 43.9 Å². The van der Waals surface area contributed by atoms with Gasteiger partial charge in [0.25, 0.3) is 0 Å². The summed E-state index contributed by atoms with van der Waals surface area (Å²) < 4.78 is 105. The Labute approximate surface area is 353 Å². The van der Waals surface area contributed by atoms with Crippen LogP contribution >= 0.6 is 0 Å². The first-order valence-corrected chi connectivity index (χ1v) is 21.0. The summed E-state index contributed by atoms with van der Waals surface area (Å²) in [5.74, 6) is -0.629. The average molecular weight is 864 g/mol. The summed E-state index contributed by atoms with van der Waals surface area (Å²) in [5.41, 5.74) is -0.0909. The van der Waals surface area contributed by atoms with Gasteiger partial charge in [-0.1, -0.05) is 50.8 Å². The number of carbonyl (C=O) groups excluding carboxylic acids is 1. The van der Waals surface area contributed by atoms with Crippen LogP contribution in [-0.2, 0) is 63.0 Å². The summed E-state index contributed by atoms with van der Waals surface area (Å²) in [6.45, 7) is 12.6. The van der Waals surface area contributed by atoms with Crippen molar-refractivity contribution >= 4 is 17.3 Å². The third-order valence-electron chi connectivity index (χ3n) is 8.19.